The number of carbonyl (C=O) groups excluding carboxylic acids is 1. The van der Waals surface area contributed by atoms with E-state index < -0.39 is 6.04 Å². The van der Waals surface area contributed by atoms with Crippen LogP contribution in [0.4, 0.5) is 5.69 Å². The molecule has 6 heteroatoms. The van der Waals surface area contributed by atoms with Gasteiger partial charge in [0.1, 0.15) is 6.04 Å². The van der Waals surface area contributed by atoms with Crippen molar-refractivity contribution in [2.45, 2.75) is 19.9 Å². The summed E-state index contributed by atoms with van der Waals surface area (Å²) in [6.07, 6.45) is 1.57. The molecule has 0 saturated carbocycles. The van der Waals surface area contributed by atoms with Crippen molar-refractivity contribution < 1.29 is 14.3 Å². The molecule has 0 fully saturated rings. The Morgan fingerprint density at radius 2 is 2.00 bits per heavy atom. The van der Waals surface area contributed by atoms with E-state index >= 15 is 0 Å². The number of fused-ring (bicyclic) bond motifs is 1. The van der Waals surface area contributed by atoms with Crippen LogP contribution in [0, 0.1) is 6.92 Å². The molecule has 1 aliphatic heterocycles. The highest BCUT2D eigenvalue weighted by Crippen LogP contribution is 2.31. The van der Waals surface area contributed by atoms with Crippen LogP contribution in [-0.4, -0.2) is 25.0 Å². The van der Waals surface area contributed by atoms with Gasteiger partial charge in [0.15, 0.2) is 11.5 Å². The number of nitrogens with zero attached hydrogens (tertiary/aromatic N) is 1. The zero-order valence-electron chi connectivity index (χ0n) is 13.6. The number of amides is 1. The quantitative estimate of drug-likeness (QED) is 0.655. The molecule has 1 amide bonds. The lowest BCUT2D eigenvalue weighted by atomic mass is 10.2. The van der Waals surface area contributed by atoms with Crippen LogP contribution >= 0.6 is 0 Å². The summed E-state index contributed by atoms with van der Waals surface area (Å²) in [5.74, 6) is 1.18. The van der Waals surface area contributed by atoms with E-state index in [-0.39, 0.29) is 12.7 Å². The number of nitrogens with one attached hydrogen (secondary N) is 2. The molecule has 124 valence electrons. The van der Waals surface area contributed by atoms with E-state index in [1.165, 1.54) is 0 Å². The molecule has 2 aromatic carbocycles. The molecule has 1 heterocycles. The first-order valence-corrected chi connectivity index (χ1v) is 7.68. The summed E-state index contributed by atoms with van der Waals surface area (Å²) >= 11 is 0. The second-order valence-corrected chi connectivity index (χ2v) is 5.53. The Bertz CT molecular complexity index is 774. The summed E-state index contributed by atoms with van der Waals surface area (Å²) < 4.78 is 10.6. The van der Waals surface area contributed by atoms with E-state index in [1.807, 2.05) is 49.4 Å². The Labute approximate surface area is 140 Å². The fourth-order valence-electron chi connectivity index (χ4n) is 2.29. The van der Waals surface area contributed by atoms with Crippen LogP contribution in [0.1, 0.15) is 18.1 Å². The van der Waals surface area contributed by atoms with E-state index in [0.29, 0.717) is 11.5 Å². The van der Waals surface area contributed by atoms with Gasteiger partial charge in [-0.15, -0.1) is 0 Å². The lowest BCUT2D eigenvalue weighted by Crippen LogP contribution is -2.35. The Hall–Kier alpha value is -3.02. The molecule has 2 N–H and O–H groups in total. The van der Waals surface area contributed by atoms with Crippen molar-refractivity contribution in [1.29, 1.82) is 0 Å². The van der Waals surface area contributed by atoms with Crippen molar-refractivity contribution in [2.24, 2.45) is 5.10 Å². The number of benzene rings is 2. The lowest BCUT2D eigenvalue weighted by molar-refractivity contribution is -0.121. The monoisotopic (exact) mass is 325 g/mol. The van der Waals surface area contributed by atoms with Gasteiger partial charge < -0.3 is 14.8 Å². The van der Waals surface area contributed by atoms with E-state index in [4.69, 9.17) is 9.47 Å². The highest BCUT2D eigenvalue weighted by molar-refractivity contribution is 5.87. The summed E-state index contributed by atoms with van der Waals surface area (Å²) in [5.41, 5.74) is 5.37. The van der Waals surface area contributed by atoms with E-state index in [0.717, 1.165) is 16.8 Å². The van der Waals surface area contributed by atoms with Crippen LogP contribution < -0.4 is 20.2 Å². The normalized spacial score (nSPS) is 13.8. The van der Waals surface area contributed by atoms with Crippen molar-refractivity contribution in [2.75, 3.05) is 12.1 Å². The van der Waals surface area contributed by atoms with Crippen LogP contribution in [0.25, 0.3) is 0 Å². The lowest BCUT2D eigenvalue weighted by Gasteiger charge is -2.15. The van der Waals surface area contributed by atoms with Crippen LogP contribution in [0.5, 0.6) is 11.5 Å². The topological polar surface area (TPSA) is 72.0 Å². The van der Waals surface area contributed by atoms with Crippen LogP contribution in [-0.2, 0) is 4.79 Å². The van der Waals surface area contributed by atoms with Crippen LogP contribution in [0.3, 0.4) is 0 Å². The minimum absolute atomic E-state index is 0.213. The number of anilines is 1. The minimum Gasteiger partial charge on any atom is -0.454 e. The SMILES string of the molecule is Cc1ccccc1N[C@@H](C)C(=O)N/N=C\c1ccc2c(c1)OCO2. The molecular formula is C18H19N3O3. The molecular weight excluding hydrogens is 306 g/mol. The number of carbonyl (C=O) groups is 1. The number of hydrogen-bond acceptors (Lipinski definition) is 5. The van der Waals surface area contributed by atoms with Gasteiger partial charge in [-0.2, -0.15) is 5.10 Å². The van der Waals surface area contributed by atoms with Gasteiger partial charge in [0, 0.05) is 5.69 Å². The van der Waals surface area contributed by atoms with Gasteiger partial charge in [0.2, 0.25) is 6.79 Å². The number of hydrogen-bond donors (Lipinski definition) is 2. The molecule has 0 saturated heterocycles. The fraction of sp³-hybridized carbons (Fsp3) is 0.222. The first-order valence-electron chi connectivity index (χ1n) is 7.68. The van der Waals surface area contributed by atoms with Gasteiger partial charge in [0.25, 0.3) is 5.91 Å². The summed E-state index contributed by atoms with van der Waals surface area (Å²) in [6, 6.07) is 12.9. The smallest absolute Gasteiger partial charge is 0.262 e. The molecule has 24 heavy (non-hydrogen) atoms. The van der Waals surface area contributed by atoms with E-state index in [9.17, 15) is 4.79 Å². The van der Waals surface area contributed by atoms with Crippen molar-refractivity contribution in [3.63, 3.8) is 0 Å². The van der Waals surface area contributed by atoms with Crippen molar-refractivity contribution in [3.8, 4) is 11.5 Å². The molecule has 0 aliphatic carbocycles. The molecule has 3 rings (SSSR count). The largest absolute Gasteiger partial charge is 0.454 e. The number of rotatable bonds is 5. The molecule has 2 aromatic rings. The Kier molecular flexibility index (Phi) is 4.65. The van der Waals surface area contributed by atoms with Crippen molar-refractivity contribution in [1.82, 2.24) is 5.43 Å². The van der Waals surface area contributed by atoms with Gasteiger partial charge in [0.05, 0.1) is 6.21 Å². The molecule has 6 nitrogen and oxygen atoms in total. The highest BCUT2D eigenvalue weighted by atomic mass is 16.7. The average molecular weight is 325 g/mol. The standard InChI is InChI=1S/C18H19N3O3/c1-12-5-3-4-6-15(12)20-13(2)18(22)21-19-10-14-7-8-16-17(9-14)24-11-23-16/h3-10,13,20H,11H2,1-2H3,(H,21,22)/b19-10-/t13-/m0/s1. The zero-order chi connectivity index (χ0) is 16.9. The predicted molar refractivity (Wildman–Crippen MR) is 92.6 cm³/mol. The second-order valence-electron chi connectivity index (χ2n) is 5.53. The van der Waals surface area contributed by atoms with Crippen LogP contribution in [0.2, 0.25) is 0 Å². The first-order chi connectivity index (χ1) is 11.6. The number of ether oxygens (including phenoxy) is 2. The van der Waals surface area contributed by atoms with Gasteiger partial charge >= 0.3 is 0 Å². The Morgan fingerprint density at radius 1 is 1.21 bits per heavy atom. The van der Waals surface area contributed by atoms with E-state index in [1.54, 1.807) is 13.1 Å². The maximum absolute atomic E-state index is 12.1. The molecule has 1 atom stereocenters. The molecule has 0 aromatic heterocycles. The van der Waals surface area contributed by atoms with Gasteiger partial charge in [-0.25, -0.2) is 5.43 Å². The third-order valence-electron chi connectivity index (χ3n) is 3.70. The number of hydrazone groups is 1. The first kappa shape index (κ1) is 15.9. The van der Waals surface area contributed by atoms with Gasteiger partial charge in [-0.05, 0) is 49.2 Å². The average Bonchev–Trinajstić information content (AvgIpc) is 3.04. The van der Waals surface area contributed by atoms with Gasteiger partial charge in [-0.3, -0.25) is 4.79 Å². The van der Waals surface area contributed by atoms with Crippen molar-refractivity contribution >= 4 is 17.8 Å². The Morgan fingerprint density at radius 3 is 2.83 bits per heavy atom. The summed E-state index contributed by atoms with van der Waals surface area (Å²) in [7, 11) is 0. The maximum atomic E-state index is 12.1. The summed E-state index contributed by atoms with van der Waals surface area (Å²) in [4.78, 5) is 12.1. The molecule has 0 radical (unpaired) electrons. The van der Waals surface area contributed by atoms with Gasteiger partial charge in [-0.1, -0.05) is 18.2 Å². The molecule has 0 bridgehead atoms. The third-order valence-corrected chi connectivity index (χ3v) is 3.70. The number of aryl methyl sites for hydroxylation is 1. The third kappa shape index (κ3) is 3.65. The van der Waals surface area contributed by atoms with Crippen LogP contribution in [0.15, 0.2) is 47.6 Å². The molecule has 0 unspecified atom stereocenters. The maximum Gasteiger partial charge on any atom is 0.262 e. The minimum atomic E-state index is -0.403. The molecule has 1 aliphatic rings. The van der Waals surface area contributed by atoms with E-state index in [2.05, 4.69) is 15.8 Å². The number of para-hydroxylation sites is 1. The Balaban J connectivity index is 1.56. The highest BCUT2D eigenvalue weighted by Gasteiger charge is 2.14. The summed E-state index contributed by atoms with van der Waals surface area (Å²) in [5, 5.41) is 7.16. The fourth-order valence-corrected chi connectivity index (χ4v) is 2.29. The molecule has 0 spiro atoms. The predicted octanol–water partition coefficient (Wildman–Crippen LogP) is 2.67. The van der Waals surface area contributed by atoms with Crippen molar-refractivity contribution in [3.05, 3.63) is 53.6 Å². The second kappa shape index (κ2) is 7.04. The zero-order valence-corrected chi connectivity index (χ0v) is 13.6. The summed E-state index contributed by atoms with van der Waals surface area (Å²) in [6.45, 7) is 4.01.